The van der Waals surface area contributed by atoms with Crippen LogP contribution in [0.4, 0.5) is 0 Å². The molecular formula is C30H35Cl2N3O4S. The van der Waals surface area contributed by atoms with Crippen molar-refractivity contribution in [2.45, 2.75) is 56.6 Å². The number of hydrogen-bond acceptors (Lipinski definition) is 4. The van der Waals surface area contributed by atoms with Crippen molar-refractivity contribution < 1.29 is 18.0 Å². The fourth-order valence-electron chi connectivity index (χ4n) is 4.28. The summed E-state index contributed by atoms with van der Waals surface area (Å²) in [5, 5.41) is 3.72. The monoisotopic (exact) mass is 603 g/mol. The normalized spacial score (nSPS) is 12.4. The van der Waals surface area contributed by atoms with E-state index in [1.54, 1.807) is 36.4 Å². The topological polar surface area (TPSA) is 86.8 Å². The quantitative estimate of drug-likeness (QED) is 0.277. The zero-order chi connectivity index (χ0) is 29.3. The molecule has 0 heterocycles. The Morgan fingerprint density at radius 2 is 1.45 bits per heavy atom. The highest BCUT2D eigenvalue weighted by molar-refractivity contribution is 7.89. The van der Waals surface area contributed by atoms with Gasteiger partial charge >= 0.3 is 0 Å². The van der Waals surface area contributed by atoms with Crippen molar-refractivity contribution in [1.82, 2.24) is 14.5 Å². The number of amides is 2. The van der Waals surface area contributed by atoms with Crippen LogP contribution < -0.4 is 5.32 Å². The van der Waals surface area contributed by atoms with E-state index in [4.69, 9.17) is 23.2 Å². The van der Waals surface area contributed by atoms with Crippen LogP contribution in [0.5, 0.6) is 0 Å². The van der Waals surface area contributed by atoms with Crippen molar-refractivity contribution in [2.75, 3.05) is 13.6 Å². The molecule has 1 N–H and O–H groups in total. The van der Waals surface area contributed by atoms with Gasteiger partial charge in [-0.25, -0.2) is 12.7 Å². The van der Waals surface area contributed by atoms with Gasteiger partial charge in [-0.15, -0.1) is 0 Å². The van der Waals surface area contributed by atoms with Crippen LogP contribution in [-0.4, -0.2) is 55.1 Å². The van der Waals surface area contributed by atoms with E-state index in [0.29, 0.717) is 15.6 Å². The van der Waals surface area contributed by atoms with Crippen LogP contribution in [0.3, 0.4) is 0 Å². The van der Waals surface area contributed by atoms with Gasteiger partial charge in [0.2, 0.25) is 21.8 Å². The number of carbonyl (C=O) groups is 2. The van der Waals surface area contributed by atoms with Crippen LogP contribution in [-0.2, 0) is 32.6 Å². The van der Waals surface area contributed by atoms with Crippen LogP contribution in [0.15, 0.2) is 83.8 Å². The Hall–Kier alpha value is -2.91. The summed E-state index contributed by atoms with van der Waals surface area (Å²) in [5.41, 5.74) is 1.43. The highest BCUT2D eigenvalue weighted by Gasteiger charge is 2.31. The summed E-state index contributed by atoms with van der Waals surface area (Å²) in [6.07, 6.45) is 0.574. The second-order valence-corrected chi connectivity index (χ2v) is 12.7. The first-order valence-electron chi connectivity index (χ1n) is 13.1. The molecule has 7 nitrogen and oxygen atoms in total. The molecule has 3 aromatic carbocycles. The average molecular weight is 605 g/mol. The zero-order valence-corrected chi connectivity index (χ0v) is 25.2. The Morgan fingerprint density at radius 3 is 2.02 bits per heavy atom. The molecule has 0 saturated heterocycles. The van der Waals surface area contributed by atoms with Crippen molar-refractivity contribution in [3.63, 3.8) is 0 Å². The van der Waals surface area contributed by atoms with Crippen LogP contribution in [0.1, 0.15) is 37.8 Å². The van der Waals surface area contributed by atoms with Crippen LogP contribution in [0.25, 0.3) is 0 Å². The Balaban J connectivity index is 1.87. The predicted molar refractivity (Wildman–Crippen MR) is 160 cm³/mol. The highest BCUT2D eigenvalue weighted by atomic mass is 35.5. The van der Waals surface area contributed by atoms with Crippen molar-refractivity contribution in [3.8, 4) is 0 Å². The third-order valence-corrected chi connectivity index (χ3v) is 8.99. The summed E-state index contributed by atoms with van der Waals surface area (Å²) in [6, 6.07) is 21.7. The molecule has 0 aromatic heterocycles. The fourth-order valence-corrected chi connectivity index (χ4v) is 6.02. The molecule has 214 valence electrons. The van der Waals surface area contributed by atoms with Gasteiger partial charge in [0.05, 0.1) is 4.90 Å². The third kappa shape index (κ3) is 8.54. The summed E-state index contributed by atoms with van der Waals surface area (Å²) in [4.78, 5) is 29.0. The third-order valence-electron chi connectivity index (χ3n) is 6.41. The molecule has 0 fully saturated rings. The van der Waals surface area contributed by atoms with Gasteiger partial charge in [0.15, 0.2) is 0 Å². The van der Waals surface area contributed by atoms with Crippen molar-refractivity contribution in [1.29, 1.82) is 0 Å². The molecule has 0 bridgehead atoms. The molecule has 10 heteroatoms. The van der Waals surface area contributed by atoms with Crippen molar-refractivity contribution >= 4 is 45.0 Å². The van der Waals surface area contributed by atoms with Gasteiger partial charge in [-0.05, 0) is 50.1 Å². The molecule has 0 radical (unpaired) electrons. The summed E-state index contributed by atoms with van der Waals surface area (Å²) < 4.78 is 27.1. The van der Waals surface area contributed by atoms with E-state index in [2.05, 4.69) is 5.32 Å². The standard InChI is InChI=1S/C30H35Cl2N3O4S/c1-22(2)33-30(37)28(20-23-12-6-4-7-13-23)35(21-25-26(31)16-10-17-27(25)32)29(36)18-11-19-34(3)40(38,39)24-14-8-5-9-15-24/h4-10,12-17,22,28H,11,18-21H2,1-3H3,(H,33,37)/t28-/m1/s1. The number of sulfonamides is 1. The molecule has 3 aromatic rings. The van der Waals surface area contributed by atoms with E-state index in [1.807, 2.05) is 44.2 Å². The van der Waals surface area contributed by atoms with Gasteiger partial charge in [-0.1, -0.05) is 77.8 Å². The van der Waals surface area contributed by atoms with E-state index >= 15 is 0 Å². The lowest BCUT2D eigenvalue weighted by Gasteiger charge is -2.32. The largest absolute Gasteiger partial charge is 0.352 e. The predicted octanol–water partition coefficient (Wildman–Crippen LogP) is 5.56. The molecule has 0 unspecified atom stereocenters. The summed E-state index contributed by atoms with van der Waals surface area (Å²) in [7, 11) is -2.20. The molecule has 1 atom stereocenters. The number of benzene rings is 3. The van der Waals surface area contributed by atoms with E-state index in [1.165, 1.54) is 28.4 Å². The molecule has 0 aliphatic heterocycles. The number of nitrogens with zero attached hydrogens (tertiary/aromatic N) is 2. The first-order valence-corrected chi connectivity index (χ1v) is 15.3. The molecule has 0 saturated carbocycles. The van der Waals surface area contributed by atoms with Gasteiger partial charge < -0.3 is 10.2 Å². The average Bonchev–Trinajstić information content (AvgIpc) is 2.92. The summed E-state index contributed by atoms with van der Waals surface area (Å²) in [6.45, 7) is 3.87. The number of carbonyl (C=O) groups excluding carboxylic acids is 2. The van der Waals surface area contributed by atoms with Gasteiger partial charge in [0.1, 0.15) is 6.04 Å². The molecule has 3 rings (SSSR count). The molecule has 2 amide bonds. The van der Waals surface area contributed by atoms with Crippen LogP contribution in [0, 0.1) is 0 Å². The number of nitrogens with one attached hydrogen (secondary N) is 1. The van der Waals surface area contributed by atoms with Gasteiger partial charge in [0, 0.05) is 54.6 Å². The molecule has 0 spiro atoms. The SMILES string of the molecule is CC(C)NC(=O)[C@@H](Cc1ccccc1)N(Cc1c(Cl)cccc1Cl)C(=O)CCCN(C)S(=O)(=O)c1ccccc1. The van der Waals surface area contributed by atoms with E-state index in [9.17, 15) is 18.0 Å². The van der Waals surface area contributed by atoms with E-state index in [-0.39, 0.29) is 55.1 Å². The second kappa shape index (κ2) is 14.6. The van der Waals surface area contributed by atoms with Crippen LogP contribution in [0.2, 0.25) is 10.0 Å². The molecule has 0 aliphatic carbocycles. The molecular weight excluding hydrogens is 569 g/mol. The Morgan fingerprint density at radius 1 is 0.875 bits per heavy atom. The second-order valence-electron chi connectivity index (χ2n) is 9.83. The Labute approximate surface area is 247 Å². The van der Waals surface area contributed by atoms with Crippen molar-refractivity contribution in [2.24, 2.45) is 0 Å². The number of rotatable bonds is 13. The zero-order valence-electron chi connectivity index (χ0n) is 22.9. The molecule has 0 aliphatic rings. The van der Waals surface area contributed by atoms with E-state index < -0.39 is 16.1 Å². The number of halogens is 2. The fraction of sp³-hybridized carbons (Fsp3) is 0.333. The lowest BCUT2D eigenvalue weighted by Crippen LogP contribution is -2.52. The minimum Gasteiger partial charge on any atom is -0.352 e. The molecule has 40 heavy (non-hydrogen) atoms. The maximum absolute atomic E-state index is 13.8. The maximum atomic E-state index is 13.8. The van der Waals surface area contributed by atoms with Gasteiger partial charge in [-0.2, -0.15) is 0 Å². The highest BCUT2D eigenvalue weighted by Crippen LogP contribution is 2.28. The number of hydrogen-bond donors (Lipinski definition) is 1. The smallest absolute Gasteiger partial charge is 0.243 e. The van der Waals surface area contributed by atoms with Crippen molar-refractivity contribution in [3.05, 3.63) is 100 Å². The minimum absolute atomic E-state index is 0.0248. The van der Waals surface area contributed by atoms with Gasteiger partial charge in [0.25, 0.3) is 0 Å². The van der Waals surface area contributed by atoms with Crippen LogP contribution >= 0.6 is 23.2 Å². The first kappa shape index (κ1) is 31.6. The summed E-state index contributed by atoms with van der Waals surface area (Å²) in [5.74, 6) is -0.597. The van der Waals surface area contributed by atoms with Gasteiger partial charge in [-0.3, -0.25) is 9.59 Å². The maximum Gasteiger partial charge on any atom is 0.243 e. The Bertz CT molecular complexity index is 1370. The minimum atomic E-state index is -3.69. The van der Waals surface area contributed by atoms with E-state index in [0.717, 1.165) is 5.56 Å². The lowest BCUT2D eigenvalue weighted by atomic mass is 10.0. The first-order chi connectivity index (χ1) is 19.0. The Kier molecular flexibility index (Phi) is 11.6. The summed E-state index contributed by atoms with van der Waals surface area (Å²) >= 11 is 12.9. The lowest BCUT2D eigenvalue weighted by molar-refractivity contribution is -0.141.